The number of nitrogens with zero attached hydrogens (tertiary/aromatic N) is 1. The molecule has 1 fully saturated rings. The summed E-state index contributed by atoms with van der Waals surface area (Å²) in [6.07, 6.45) is 0. The van der Waals surface area contributed by atoms with Crippen LogP contribution >= 0.6 is 0 Å². The van der Waals surface area contributed by atoms with Crippen molar-refractivity contribution in [3.8, 4) is 0 Å². The minimum Gasteiger partial charge on any atom is -0.336 e. The molecular formula is C11H22N2O. The standard InChI is InChI=1S/C11H22N2O/c1-10(2,3)8-7-12-9(14)13(8)11(4,5)6/h8H,7H2,1-6H3,(H,12,14). The third kappa shape index (κ3) is 2.02. The van der Waals surface area contributed by atoms with E-state index in [1.807, 2.05) is 4.90 Å². The molecule has 1 rings (SSSR count). The molecule has 0 aromatic rings. The molecule has 2 amide bonds. The van der Waals surface area contributed by atoms with Crippen molar-refractivity contribution in [1.82, 2.24) is 10.2 Å². The van der Waals surface area contributed by atoms with Gasteiger partial charge in [-0.15, -0.1) is 0 Å². The summed E-state index contributed by atoms with van der Waals surface area (Å²) in [5.41, 5.74) is 0.0327. The Kier molecular flexibility index (Phi) is 2.55. The first-order chi connectivity index (χ1) is 6.14. The second-order valence-electron chi connectivity index (χ2n) is 6.11. The molecule has 82 valence electrons. The second kappa shape index (κ2) is 3.14. The van der Waals surface area contributed by atoms with Crippen molar-refractivity contribution in [2.24, 2.45) is 5.41 Å². The van der Waals surface area contributed by atoms with Crippen LogP contribution in [-0.2, 0) is 0 Å². The lowest BCUT2D eigenvalue weighted by atomic mass is 9.84. The lowest BCUT2D eigenvalue weighted by molar-refractivity contribution is 0.0879. The van der Waals surface area contributed by atoms with Gasteiger partial charge in [0.2, 0.25) is 0 Å². The van der Waals surface area contributed by atoms with Crippen LogP contribution in [0.25, 0.3) is 0 Å². The minimum atomic E-state index is -0.0987. The van der Waals surface area contributed by atoms with E-state index in [0.29, 0.717) is 0 Å². The van der Waals surface area contributed by atoms with Gasteiger partial charge in [-0.1, -0.05) is 20.8 Å². The van der Waals surface area contributed by atoms with Crippen molar-refractivity contribution in [2.45, 2.75) is 53.1 Å². The number of nitrogens with one attached hydrogen (secondary N) is 1. The minimum absolute atomic E-state index is 0.0671. The van der Waals surface area contributed by atoms with Crippen LogP contribution in [0.4, 0.5) is 4.79 Å². The van der Waals surface area contributed by atoms with E-state index in [9.17, 15) is 4.79 Å². The van der Waals surface area contributed by atoms with E-state index in [2.05, 4.69) is 46.9 Å². The lowest BCUT2D eigenvalue weighted by Gasteiger charge is -2.41. The molecule has 1 aliphatic heterocycles. The first-order valence-corrected chi connectivity index (χ1v) is 5.21. The fourth-order valence-electron chi connectivity index (χ4n) is 1.97. The van der Waals surface area contributed by atoms with E-state index in [4.69, 9.17) is 0 Å². The van der Waals surface area contributed by atoms with Gasteiger partial charge in [-0.2, -0.15) is 0 Å². The zero-order valence-electron chi connectivity index (χ0n) is 10.1. The largest absolute Gasteiger partial charge is 0.336 e. The van der Waals surface area contributed by atoms with Crippen LogP contribution in [0.2, 0.25) is 0 Å². The molecule has 1 atom stereocenters. The van der Waals surface area contributed by atoms with E-state index >= 15 is 0 Å². The Morgan fingerprint density at radius 1 is 1.21 bits per heavy atom. The number of hydrogen-bond donors (Lipinski definition) is 1. The molecule has 1 heterocycles. The second-order valence-corrected chi connectivity index (χ2v) is 6.11. The van der Waals surface area contributed by atoms with Crippen molar-refractivity contribution in [2.75, 3.05) is 6.54 Å². The predicted octanol–water partition coefficient (Wildman–Crippen LogP) is 2.22. The maximum Gasteiger partial charge on any atom is 0.318 e. The quantitative estimate of drug-likeness (QED) is 0.636. The number of rotatable bonds is 0. The first kappa shape index (κ1) is 11.3. The van der Waals surface area contributed by atoms with Crippen molar-refractivity contribution in [1.29, 1.82) is 0 Å². The van der Waals surface area contributed by atoms with Crippen LogP contribution in [0.15, 0.2) is 0 Å². The van der Waals surface area contributed by atoms with Crippen LogP contribution < -0.4 is 5.32 Å². The number of urea groups is 1. The highest BCUT2D eigenvalue weighted by molar-refractivity contribution is 5.77. The average Bonchev–Trinajstić information content (AvgIpc) is 2.27. The van der Waals surface area contributed by atoms with E-state index in [0.717, 1.165) is 6.54 Å². The number of carbonyl (C=O) groups is 1. The SMILES string of the molecule is CC(C)(C)C1CNC(=O)N1C(C)(C)C. The van der Waals surface area contributed by atoms with Gasteiger partial charge in [-0.3, -0.25) is 0 Å². The molecule has 3 heteroatoms. The van der Waals surface area contributed by atoms with Gasteiger partial charge >= 0.3 is 6.03 Å². The van der Waals surface area contributed by atoms with Crippen molar-refractivity contribution in [3.05, 3.63) is 0 Å². The Hall–Kier alpha value is -0.730. The molecule has 1 aliphatic rings. The summed E-state index contributed by atoms with van der Waals surface area (Å²) in [5, 5.41) is 2.92. The first-order valence-electron chi connectivity index (χ1n) is 5.21. The zero-order chi connectivity index (χ0) is 11.1. The Labute approximate surface area is 86.9 Å². The summed E-state index contributed by atoms with van der Waals surface area (Å²) in [4.78, 5) is 13.7. The Morgan fingerprint density at radius 3 is 2.00 bits per heavy atom. The third-order valence-electron chi connectivity index (χ3n) is 2.70. The molecule has 3 nitrogen and oxygen atoms in total. The highest BCUT2D eigenvalue weighted by atomic mass is 16.2. The number of amides is 2. The summed E-state index contributed by atoms with van der Waals surface area (Å²) < 4.78 is 0. The van der Waals surface area contributed by atoms with Crippen molar-refractivity contribution < 1.29 is 4.79 Å². The molecule has 0 spiro atoms. The molecule has 0 aromatic heterocycles. The average molecular weight is 198 g/mol. The fourth-order valence-corrected chi connectivity index (χ4v) is 1.97. The van der Waals surface area contributed by atoms with Crippen LogP contribution in [0.3, 0.4) is 0 Å². The normalized spacial score (nSPS) is 24.0. The summed E-state index contributed by atoms with van der Waals surface area (Å²) in [6, 6.07) is 0.354. The van der Waals surface area contributed by atoms with Crippen molar-refractivity contribution >= 4 is 6.03 Å². The predicted molar refractivity (Wildman–Crippen MR) is 58.2 cm³/mol. The van der Waals surface area contributed by atoms with Crippen LogP contribution in [-0.4, -0.2) is 29.1 Å². The zero-order valence-corrected chi connectivity index (χ0v) is 10.1. The van der Waals surface area contributed by atoms with Crippen LogP contribution in [0, 0.1) is 5.41 Å². The van der Waals surface area contributed by atoms with Crippen LogP contribution in [0.1, 0.15) is 41.5 Å². The molecular weight excluding hydrogens is 176 g/mol. The highest BCUT2D eigenvalue weighted by Gasteiger charge is 2.43. The summed E-state index contributed by atoms with van der Waals surface area (Å²) in [7, 11) is 0. The molecule has 14 heavy (non-hydrogen) atoms. The van der Waals surface area contributed by atoms with Gasteiger partial charge < -0.3 is 10.2 Å². The van der Waals surface area contributed by atoms with Gasteiger partial charge in [0.05, 0.1) is 6.04 Å². The molecule has 1 saturated heterocycles. The van der Waals surface area contributed by atoms with Gasteiger partial charge in [0, 0.05) is 12.1 Å². The molecule has 0 saturated carbocycles. The van der Waals surface area contributed by atoms with E-state index < -0.39 is 0 Å². The fraction of sp³-hybridized carbons (Fsp3) is 0.909. The Morgan fingerprint density at radius 2 is 1.71 bits per heavy atom. The maximum atomic E-state index is 11.7. The summed E-state index contributed by atoms with van der Waals surface area (Å²) in [6.45, 7) is 13.5. The Balaban J connectivity index is 2.94. The monoisotopic (exact) mass is 198 g/mol. The lowest BCUT2D eigenvalue weighted by Crippen LogP contribution is -2.52. The van der Waals surface area contributed by atoms with Gasteiger partial charge in [-0.25, -0.2) is 4.79 Å². The van der Waals surface area contributed by atoms with E-state index in [1.165, 1.54) is 0 Å². The van der Waals surface area contributed by atoms with E-state index in [-0.39, 0.29) is 23.0 Å². The number of carbonyl (C=O) groups excluding carboxylic acids is 1. The third-order valence-corrected chi connectivity index (χ3v) is 2.70. The summed E-state index contributed by atoms with van der Waals surface area (Å²) in [5.74, 6) is 0. The summed E-state index contributed by atoms with van der Waals surface area (Å²) >= 11 is 0. The molecule has 0 radical (unpaired) electrons. The number of hydrogen-bond acceptors (Lipinski definition) is 1. The van der Waals surface area contributed by atoms with E-state index in [1.54, 1.807) is 0 Å². The van der Waals surface area contributed by atoms with Gasteiger partial charge in [0.1, 0.15) is 0 Å². The molecule has 1 N–H and O–H groups in total. The van der Waals surface area contributed by atoms with Crippen LogP contribution in [0.5, 0.6) is 0 Å². The smallest absolute Gasteiger partial charge is 0.318 e. The molecule has 0 aliphatic carbocycles. The van der Waals surface area contributed by atoms with Gasteiger partial charge in [0.15, 0.2) is 0 Å². The van der Waals surface area contributed by atoms with Crippen molar-refractivity contribution in [3.63, 3.8) is 0 Å². The Bertz CT molecular complexity index is 235. The highest BCUT2D eigenvalue weighted by Crippen LogP contribution is 2.32. The van der Waals surface area contributed by atoms with Gasteiger partial charge in [0.25, 0.3) is 0 Å². The van der Waals surface area contributed by atoms with Gasteiger partial charge in [-0.05, 0) is 26.2 Å². The molecule has 1 unspecified atom stereocenters. The molecule has 0 bridgehead atoms. The molecule has 0 aromatic carbocycles. The topological polar surface area (TPSA) is 32.3 Å². The maximum absolute atomic E-state index is 11.7.